The number of hydrogen-bond donors (Lipinski definition) is 0. The van der Waals surface area contributed by atoms with Crippen molar-refractivity contribution >= 4 is 17.7 Å². The molecule has 2 amide bonds. The van der Waals surface area contributed by atoms with Gasteiger partial charge in [0.25, 0.3) is 5.91 Å². The lowest BCUT2D eigenvalue weighted by atomic mass is 9.96. The van der Waals surface area contributed by atoms with E-state index in [0.717, 1.165) is 43.7 Å². The van der Waals surface area contributed by atoms with E-state index in [1.165, 1.54) is 0 Å². The average Bonchev–Trinajstić information content (AvgIpc) is 2.66. The maximum Gasteiger partial charge on any atom is 0.410 e. The Morgan fingerprint density at radius 1 is 1.11 bits per heavy atom. The third-order valence-corrected chi connectivity index (χ3v) is 5.17. The first kappa shape index (κ1) is 22.1. The van der Waals surface area contributed by atoms with Crippen LogP contribution < -0.4 is 4.90 Å². The van der Waals surface area contributed by atoms with E-state index < -0.39 is 5.60 Å². The van der Waals surface area contributed by atoms with Crippen molar-refractivity contribution in [2.24, 2.45) is 5.92 Å². The van der Waals surface area contributed by atoms with Crippen LogP contribution in [0.2, 0.25) is 0 Å². The Labute approximate surface area is 169 Å². The van der Waals surface area contributed by atoms with Crippen molar-refractivity contribution in [2.45, 2.75) is 46.1 Å². The molecule has 6 nitrogen and oxygen atoms in total. The van der Waals surface area contributed by atoms with E-state index in [1.807, 2.05) is 57.0 Å². The first-order chi connectivity index (χ1) is 13.1. The van der Waals surface area contributed by atoms with E-state index in [4.69, 9.17) is 4.74 Å². The number of likely N-dealkylation sites (tertiary alicyclic amines) is 1. The number of piperidine rings is 1. The van der Waals surface area contributed by atoms with Crippen molar-refractivity contribution in [3.8, 4) is 0 Å². The van der Waals surface area contributed by atoms with Gasteiger partial charge < -0.3 is 19.4 Å². The Morgan fingerprint density at radius 3 is 2.18 bits per heavy atom. The molecule has 6 heteroatoms. The minimum Gasteiger partial charge on any atom is -0.444 e. The van der Waals surface area contributed by atoms with Crippen molar-refractivity contribution in [3.63, 3.8) is 0 Å². The molecular weight excluding hydrogens is 354 g/mol. The minimum absolute atomic E-state index is 0.0876. The number of anilines is 1. The number of carbonyl (C=O) groups excluding carboxylic acids is 2. The van der Waals surface area contributed by atoms with Crippen LogP contribution in [0.15, 0.2) is 24.3 Å². The van der Waals surface area contributed by atoms with Gasteiger partial charge in [-0.3, -0.25) is 4.79 Å². The molecule has 0 saturated carbocycles. The second-order valence-corrected chi connectivity index (χ2v) is 8.66. The SMILES string of the molecule is CCN(C)c1ccc(C(=O)N2CCC(CN(C)C(=O)OC(C)(C)C)CC2)cc1. The van der Waals surface area contributed by atoms with Gasteiger partial charge in [0, 0.05) is 51.5 Å². The van der Waals surface area contributed by atoms with E-state index in [1.54, 1.807) is 11.9 Å². The summed E-state index contributed by atoms with van der Waals surface area (Å²) in [6.45, 7) is 10.8. The highest BCUT2D eigenvalue weighted by atomic mass is 16.6. The van der Waals surface area contributed by atoms with E-state index in [-0.39, 0.29) is 12.0 Å². The fraction of sp³-hybridized carbons (Fsp3) is 0.636. The summed E-state index contributed by atoms with van der Waals surface area (Å²) in [6.07, 6.45) is 1.51. The van der Waals surface area contributed by atoms with Crippen LogP contribution in [-0.2, 0) is 4.74 Å². The summed E-state index contributed by atoms with van der Waals surface area (Å²) in [5, 5.41) is 0. The van der Waals surface area contributed by atoms with Gasteiger partial charge in [-0.1, -0.05) is 0 Å². The molecule has 0 bridgehead atoms. The summed E-state index contributed by atoms with van der Waals surface area (Å²) < 4.78 is 5.41. The van der Waals surface area contributed by atoms with Gasteiger partial charge in [0.05, 0.1) is 0 Å². The summed E-state index contributed by atoms with van der Waals surface area (Å²) in [5.74, 6) is 0.479. The quantitative estimate of drug-likeness (QED) is 0.767. The van der Waals surface area contributed by atoms with E-state index in [9.17, 15) is 9.59 Å². The van der Waals surface area contributed by atoms with Crippen LogP contribution in [0, 0.1) is 5.92 Å². The minimum atomic E-state index is -0.484. The van der Waals surface area contributed by atoms with Crippen molar-refractivity contribution in [1.82, 2.24) is 9.80 Å². The lowest BCUT2D eigenvalue weighted by molar-refractivity contribution is 0.0246. The lowest BCUT2D eigenvalue weighted by Crippen LogP contribution is -2.43. The largest absolute Gasteiger partial charge is 0.444 e. The molecular formula is C22H35N3O3. The third-order valence-electron chi connectivity index (χ3n) is 5.17. The van der Waals surface area contributed by atoms with Crippen molar-refractivity contribution in [1.29, 1.82) is 0 Å². The smallest absolute Gasteiger partial charge is 0.410 e. The molecule has 28 heavy (non-hydrogen) atoms. The summed E-state index contributed by atoms with van der Waals surface area (Å²) >= 11 is 0. The summed E-state index contributed by atoms with van der Waals surface area (Å²) in [6, 6.07) is 7.82. The van der Waals surface area contributed by atoms with Gasteiger partial charge in [0.15, 0.2) is 0 Å². The Balaban J connectivity index is 1.84. The molecule has 0 aliphatic carbocycles. The van der Waals surface area contributed by atoms with Crippen LogP contribution in [0.4, 0.5) is 10.5 Å². The zero-order valence-corrected chi connectivity index (χ0v) is 18.2. The Morgan fingerprint density at radius 2 is 1.68 bits per heavy atom. The molecule has 1 saturated heterocycles. The van der Waals surface area contributed by atoms with Crippen LogP contribution in [0.5, 0.6) is 0 Å². The zero-order chi connectivity index (χ0) is 20.9. The molecule has 1 aliphatic heterocycles. The van der Waals surface area contributed by atoms with Gasteiger partial charge in [-0.05, 0) is 70.7 Å². The van der Waals surface area contributed by atoms with Gasteiger partial charge in [-0.15, -0.1) is 0 Å². The van der Waals surface area contributed by atoms with Crippen LogP contribution in [0.1, 0.15) is 50.9 Å². The van der Waals surface area contributed by atoms with Crippen molar-refractivity contribution < 1.29 is 14.3 Å². The monoisotopic (exact) mass is 389 g/mol. The molecule has 0 aromatic heterocycles. The number of rotatable bonds is 5. The van der Waals surface area contributed by atoms with Crippen molar-refractivity contribution in [2.75, 3.05) is 45.2 Å². The maximum absolute atomic E-state index is 12.8. The molecule has 0 atom stereocenters. The highest BCUT2D eigenvalue weighted by Crippen LogP contribution is 2.22. The Bertz CT molecular complexity index is 659. The molecule has 156 valence electrons. The van der Waals surface area contributed by atoms with E-state index >= 15 is 0 Å². The molecule has 1 heterocycles. The summed E-state index contributed by atoms with van der Waals surface area (Å²) in [5.41, 5.74) is 1.36. The molecule has 2 rings (SSSR count). The molecule has 1 aliphatic rings. The fourth-order valence-electron chi connectivity index (χ4n) is 3.34. The zero-order valence-electron chi connectivity index (χ0n) is 18.2. The second-order valence-electron chi connectivity index (χ2n) is 8.66. The van der Waals surface area contributed by atoms with Crippen molar-refractivity contribution in [3.05, 3.63) is 29.8 Å². The summed E-state index contributed by atoms with van der Waals surface area (Å²) in [4.78, 5) is 30.6. The van der Waals surface area contributed by atoms with Crippen LogP contribution in [0.25, 0.3) is 0 Å². The number of carbonyl (C=O) groups is 2. The number of hydrogen-bond acceptors (Lipinski definition) is 4. The maximum atomic E-state index is 12.8. The molecule has 1 aromatic rings. The van der Waals surface area contributed by atoms with E-state index in [0.29, 0.717) is 12.5 Å². The number of benzene rings is 1. The molecule has 1 fully saturated rings. The first-order valence-electron chi connectivity index (χ1n) is 10.1. The number of ether oxygens (including phenoxy) is 1. The van der Waals surface area contributed by atoms with Gasteiger partial charge in [0.1, 0.15) is 5.60 Å². The predicted molar refractivity (Wildman–Crippen MR) is 113 cm³/mol. The molecule has 0 unspecified atom stereocenters. The van der Waals surface area contributed by atoms with Gasteiger partial charge in [-0.2, -0.15) is 0 Å². The van der Waals surface area contributed by atoms with Crippen LogP contribution in [-0.4, -0.2) is 67.7 Å². The third kappa shape index (κ3) is 6.14. The normalized spacial score (nSPS) is 15.3. The van der Waals surface area contributed by atoms with Gasteiger partial charge in [0.2, 0.25) is 0 Å². The molecule has 0 radical (unpaired) electrons. The second kappa shape index (κ2) is 9.30. The molecule has 0 spiro atoms. The highest BCUT2D eigenvalue weighted by molar-refractivity contribution is 5.94. The van der Waals surface area contributed by atoms with Crippen LogP contribution >= 0.6 is 0 Å². The molecule has 0 N–H and O–H groups in total. The summed E-state index contributed by atoms with van der Waals surface area (Å²) in [7, 11) is 3.82. The Hall–Kier alpha value is -2.24. The van der Waals surface area contributed by atoms with Crippen LogP contribution in [0.3, 0.4) is 0 Å². The average molecular weight is 390 g/mol. The first-order valence-corrected chi connectivity index (χ1v) is 10.1. The number of amides is 2. The predicted octanol–water partition coefficient (Wildman–Crippen LogP) is 3.86. The fourth-order valence-corrected chi connectivity index (χ4v) is 3.34. The van der Waals surface area contributed by atoms with E-state index in [2.05, 4.69) is 11.8 Å². The standard InChI is InChI=1S/C22H35N3O3/c1-7-23(5)19-10-8-18(9-11-19)20(26)25-14-12-17(13-15-25)16-24(6)21(27)28-22(2,3)4/h8-11,17H,7,12-16H2,1-6H3. The Kier molecular flexibility index (Phi) is 7.33. The lowest BCUT2D eigenvalue weighted by Gasteiger charge is -2.34. The number of nitrogens with zero attached hydrogens (tertiary/aromatic N) is 3. The molecule has 1 aromatic carbocycles. The van der Waals surface area contributed by atoms with Gasteiger partial charge >= 0.3 is 6.09 Å². The highest BCUT2D eigenvalue weighted by Gasteiger charge is 2.27. The van der Waals surface area contributed by atoms with Gasteiger partial charge in [-0.25, -0.2) is 4.79 Å². The topological polar surface area (TPSA) is 53.1 Å².